The molecule has 2 heterocycles. The summed E-state index contributed by atoms with van der Waals surface area (Å²) >= 11 is 9.42. The first kappa shape index (κ1) is 21.9. The van der Waals surface area contributed by atoms with Gasteiger partial charge in [-0.05, 0) is 54.4 Å². The first-order valence-corrected chi connectivity index (χ1v) is 9.77. The third-order valence-electron chi connectivity index (χ3n) is 4.16. The summed E-state index contributed by atoms with van der Waals surface area (Å²) in [5.74, 6) is -0.0889. The van der Waals surface area contributed by atoms with Crippen LogP contribution >= 0.6 is 27.5 Å². The average molecular weight is 463 g/mol. The molecule has 0 aliphatic carbocycles. The molecule has 1 saturated heterocycles. The van der Waals surface area contributed by atoms with E-state index in [2.05, 4.69) is 20.9 Å². The Bertz CT molecular complexity index is 690. The molecule has 1 aliphatic heterocycles. The van der Waals surface area contributed by atoms with E-state index < -0.39 is 11.7 Å². The van der Waals surface area contributed by atoms with Gasteiger partial charge in [-0.2, -0.15) is 0 Å². The third-order valence-corrected chi connectivity index (χ3v) is 4.76. The van der Waals surface area contributed by atoms with Gasteiger partial charge in [0.25, 0.3) is 0 Å². The number of methoxy groups -OCH3 is 1. The van der Waals surface area contributed by atoms with Gasteiger partial charge in [-0.1, -0.05) is 11.6 Å². The summed E-state index contributed by atoms with van der Waals surface area (Å²) in [4.78, 5) is 32.5. The van der Waals surface area contributed by atoms with Gasteiger partial charge in [0.15, 0.2) is 0 Å². The highest BCUT2D eigenvalue weighted by Crippen LogP contribution is 2.31. The van der Waals surface area contributed by atoms with E-state index >= 15 is 0 Å². The number of carbonyl (C=O) groups is 2. The number of hydrogen-bond donors (Lipinski definition) is 0. The molecule has 150 valence electrons. The van der Waals surface area contributed by atoms with Crippen molar-refractivity contribution in [3.8, 4) is 0 Å². The molecule has 1 aromatic heterocycles. The van der Waals surface area contributed by atoms with Gasteiger partial charge in [0.2, 0.25) is 5.91 Å². The van der Waals surface area contributed by atoms with E-state index in [1.165, 1.54) is 6.92 Å². The fraction of sp³-hybridized carbons (Fsp3) is 0.611. The standard InChI is InChI=1S/C18H25BrClN3O4/c1-11(24)22-8-13(10-26-5)23(17(25)27-18(2,3)4)9-14(22)12-6-15(19)21-16(20)7-12/h6-7,13-14H,8-10H2,1-5H3/t13-,14+/m1/s1. The number of amides is 2. The topological polar surface area (TPSA) is 72.0 Å². The van der Waals surface area contributed by atoms with Gasteiger partial charge in [0, 0.05) is 27.1 Å². The van der Waals surface area contributed by atoms with E-state index in [0.29, 0.717) is 22.9 Å². The Morgan fingerprint density at radius 1 is 1.30 bits per heavy atom. The molecular formula is C18H25BrClN3O4. The maximum atomic E-state index is 12.8. The quantitative estimate of drug-likeness (QED) is 0.641. The van der Waals surface area contributed by atoms with Crippen molar-refractivity contribution in [1.82, 2.24) is 14.8 Å². The van der Waals surface area contributed by atoms with Crippen molar-refractivity contribution in [2.75, 3.05) is 26.8 Å². The first-order valence-electron chi connectivity index (χ1n) is 8.60. The summed E-state index contributed by atoms with van der Waals surface area (Å²) in [7, 11) is 1.57. The van der Waals surface area contributed by atoms with E-state index in [1.54, 1.807) is 29.0 Å². The second kappa shape index (κ2) is 8.75. The van der Waals surface area contributed by atoms with Crippen LogP contribution in [0.4, 0.5) is 4.79 Å². The first-order chi connectivity index (χ1) is 12.5. The number of halogens is 2. The predicted molar refractivity (Wildman–Crippen MR) is 106 cm³/mol. The number of piperazine rings is 1. The molecule has 0 unspecified atom stereocenters. The van der Waals surface area contributed by atoms with Crippen LogP contribution in [0, 0.1) is 0 Å². The molecule has 27 heavy (non-hydrogen) atoms. The maximum absolute atomic E-state index is 12.8. The van der Waals surface area contributed by atoms with E-state index in [0.717, 1.165) is 5.56 Å². The largest absolute Gasteiger partial charge is 0.444 e. The van der Waals surface area contributed by atoms with Crippen molar-refractivity contribution in [2.24, 2.45) is 0 Å². The molecule has 9 heteroatoms. The molecule has 2 rings (SSSR count). The van der Waals surface area contributed by atoms with Crippen molar-refractivity contribution in [1.29, 1.82) is 0 Å². The number of hydrogen-bond acceptors (Lipinski definition) is 5. The second-order valence-electron chi connectivity index (χ2n) is 7.47. The Morgan fingerprint density at radius 2 is 1.96 bits per heavy atom. The van der Waals surface area contributed by atoms with Crippen molar-refractivity contribution in [2.45, 2.75) is 45.4 Å². The highest BCUT2D eigenvalue weighted by Gasteiger charge is 2.40. The van der Waals surface area contributed by atoms with Crippen molar-refractivity contribution in [3.63, 3.8) is 0 Å². The summed E-state index contributed by atoms with van der Waals surface area (Å²) < 4.78 is 11.4. The Hall–Kier alpha value is -1.38. The normalized spacial score (nSPS) is 20.6. The number of ether oxygens (including phenoxy) is 2. The van der Waals surface area contributed by atoms with Gasteiger partial charge in [0.1, 0.15) is 15.4 Å². The molecule has 1 aromatic rings. The van der Waals surface area contributed by atoms with Crippen LogP contribution in [-0.4, -0.2) is 65.2 Å². The molecule has 0 bridgehead atoms. The van der Waals surface area contributed by atoms with Gasteiger partial charge in [-0.25, -0.2) is 9.78 Å². The van der Waals surface area contributed by atoms with Gasteiger partial charge in [0.05, 0.1) is 18.7 Å². The zero-order valence-electron chi connectivity index (χ0n) is 16.2. The molecule has 2 amide bonds. The number of rotatable bonds is 3. The van der Waals surface area contributed by atoms with Gasteiger partial charge in [-0.15, -0.1) is 0 Å². The molecule has 0 spiro atoms. The third kappa shape index (κ3) is 5.80. The van der Waals surface area contributed by atoms with Crippen LogP contribution < -0.4 is 0 Å². The molecule has 0 aromatic carbocycles. The lowest BCUT2D eigenvalue weighted by molar-refractivity contribution is -0.136. The number of aromatic nitrogens is 1. The molecule has 0 saturated carbocycles. The molecule has 2 atom stereocenters. The fourth-order valence-electron chi connectivity index (χ4n) is 3.08. The molecule has 0 radical (unpaired) electrons. The van der Waals surface area contributed by atoms with Crippen LogP contribution in [0.2, 0.25) is 5.15 Å². The van der Waals surface area contributed by atoms with E-state index in [1.807, 2.05) is 20.8 Å². The van der Waals surface area contributed by atoms with Crippen molar-refractivity contribution < 1.29 is 19.1 Å². The predicted octanol–water partition coefficient (Wildman–Crippen LogP) is 3.65. The van der Waals surface area contributed by atoms with Crippen LogP contribution in [0.25, 0.3) is 0 Å². The van der Waals surface area contributed by atoms with Gasteiger partial charge >= 0.3 is 6.09 Å². The summed E-state index contributed by atoms with van der Waals surface area (Å²) in [6.07, 6.45) is -0.433. The van der Waals surface area contributed by atoms with Crippen LogP contribution in [-0.2, 0) is 14.3 Å². The molecule has 1 fully saturated rings. The van der Waals surface area contributed by atoms with E-state index in [9.17, 15) is 9.59 Å². The Labute approximate surface area is 173 Å². The number of carbonyl (C=O) groups excluding carboxylic acids is 2. The summed E-state index contributed by atoms with van der Waals surface area (Å²) in [6.45, 7) is 7.88. The van der Waals surface area contributed by atoms with Crippen LogP contribution in [0.1, 0.15) is 39.3 Å². The zero-order chi connectivity index (χ0) is 20.4. The van der Waals surface area contributed by atoms with Crippen molar-refractivity contribution in [3.05, 3.63) is 27.5 Å². The van der Waals surface area contributed by atoms with Gasteiger partial charge < -0.3 is 14.4 Å². The molecule has 0 N–H and O–H groups in total. The second-order valence-corrected chi connectivity index (χ2v) is 8.67. The molecular weight excluding hydrogens is 438 g/mol. The van der Waals surface area contributed by atoms with Crippen LogP contribution in [0.5, 0.6) is 0 Å². The lowest BCUT2D eigenvalue weighted by Gasteiger charge is -2.46. The zero-order valence-corrected chi connectivity index (χ0v) is 18.5. The Balaban J connectivity index is 2.39. The number of nitrogens with zero attached hydrogens (tertiary/aromatic N) is 3. The Morgan fingerprint density at radius 3 is 2.48 bits per heavy atom. The van der Waals surface area contributed by atoms with E-state index in [4.69, 9.17) is 21.1 Å². The Kier molecular flexibility index (Phi) is 7.10. The SMILES string of the molecule is COC[C@H]1CN(C(C)=O)[C@H](c2cc(Cl)nc(Br)c2)CN1C(=O)OC(C)(C)C. The van der Waals surface area contributed by atoms with E-state index in [-0.39, 0.29) is 24.5 Å². The monoisotopic (exact) mass is 461 g/mol. The maximum Gasteiger partial charge on any atom is 0.410 e. The smallest absolute Gasteiger partial charge is 0.410 e. The van der Waals surface area contributed by atoms with Crippen LogP contribution in [0.15, 0.2) is 16.7 Å². The fourth-order valence-corrected chi connectivity index (χ4v) is 3.85. The highest BCUT2D eigenvalue weighted by molar-refractivity contribution is 9.10. The minimum Gasteiger partial charge on any atom is -0.444 e. The summed E-state index contributed by atoms with van der Waals surface area (Å²) in [5, 5.41) is 0.311. The summed E-state index contributed by atoms with van der Waals surface area (Å²) in [6, 6.07) is 2.85. The number of pyridine rings is 1. The summed E-state index contributed by atoms with van der Waals surface area (Å²) in [5.41, 5.74) is 0.173. The lowest BCUT2D eigenvalue weighted by atomic mass is 10.0. The minimum absolute atomic E-state index is 0.0889. The van der Waals surface area contributed by atoms with Crippen LogP contribution in [0.3, 0.4) is 0 Å². The molecule has 1 aliphatic rings. The van der Waals surface area contributed by atoms with Gasteiger partial charge in [-0.3, -0.25) is 9.69 Å². The lowest BCUT2D eigenvalue weighted by Crippen LogP contribution is -2.59. The van der Waals surface area contributed by atoms with Crippen molar-refractivity contribution >= 4 is 39.5 Å². The molecule has 7 nitrogen and oxygen atoms in total. The highest BCUT2D eigenvalue weighted by atomic mass is 79.9. The minimum atomic E-state index is -0.620. The average Bonchev–Trinajstić information content (AvgIpc) is 2.52.